The van der Waals surface area contributed by atoms with Gasteiger partial charge in [-0.25, -0.2) is 30.3 Å². The highest BCUT2D eigenvalue weighted by molar-refractivity contribution is 7.90. The second-order valence-corrected chi connectivity index (χ2v) is 15.6. The lowest BCUT2D eigenvalue weighted by molar-refractivity contribution is 0.148. The summed E-state index contributed by atoms with van der Waals surface area (Å²) in [6, 6.07) is 10.9. The molecular weight excluding hydrogens is 565 g/mol. The summed E-state index contributed by atoms with van der Waals surface area (Å²) in [4.78, 5) is 15.8. The van der Waals surface area contributed by atoms with E-state index in [0.29, 0.717) is 38.2 Å². The molecule has 2 aromatic carbocycles. The standard InChI is InChI=1S/C27H33ClFN3O5S2/c1-38(34,35)21-6-3-19(4-7-21)27-12-9-25(22(27)16-27)32(17-18-10-13-31(14-11-18)39(2,36)37)26(33)30-20-5-8-24(29)23(28)15-20/h3-8,15,18,22,25H,9-14,16-17H2,1-2H3,(H,30,33)/t22-,25-,27-/m1/s1. The molecule has 1 saturated heterocycles. The molecular formula is C27H33ClFN3O5S2. The number of urea groups is 1. The summed E-state index contributed by atoms with van der Waals surface area (Å²) in [5.41, 5.74) is 1.41. The number of rotatable bonds is 7. The summed E-state index contributed by atoms with van der Waals surface area (Å²) >= 11 is 5.93. The normalized spacial score (nSPS) is 25.7. The van der Waals surface area contributed by atoms with Gasteiger partial charge in [0.05, 0.1) is 16.2 Å². The van der Waals surface area contributed by atoms with Crippen molar-refractivity contribution in [2.75, 3.05) is 37.5 Å². The van der Waals surface area contributed by atoms with Crippen molar-refractivity contribution < 1.29 is 26.0 Å². The van der Waals surface area contributed by atoms with Crippen LogP contribution in [0.15, 0.2) is 47.4 Å². The molecule has 2 saturated carbocycles. The third-order valence-electron chi connectivity index (χ3n) is 8.67. The van der Waals surface area contributed by atoms with E-state index >= 15 is 0 Å². The molecule has 12 heteroatoms. The van der Waals surface area contributed by atoms with Crippen LogP contribution in [0.25, 0.3) is 0 Å². The summed E-state index contributed by atoms with van der Waals surface area (Å²) < 4.78 is 62.9. The maximum Gasteiger partial charge on any atom is 0.322 e. The molecule has 2 amide bonds. The minimum atomic E-state index is -3.29. The summed E-state index contributed by atoms with van der Waals surface area (Å²) in [5, 5.41) is 2.81. The minimum absolute atomic E-state index is 0.0246. The number of halogens is 2. The molecule has 5 rings (SSSR count). The first-order valence-corrected chi connectivity index (χ1v) is 17.2. The molecule has 2 aromatic rings. The van der Waals surface area contributed by atoms with Crippen LogP contribution in [-0.4, -0.2) is 70.3 Å². The highest BCUT2D eigenvalue weighted by atomic mass is 35.5. The van der Waals surface area contributed by atoms with E-state index in [1.807, 2.05) is 17.0 Å². The lowest BCUT2D eigenvalue weighted by atomic mass is 9.93. The average Bonchev–Trinajstić information content (AvgIpc) is 3.50. The molecule has 3 atom stereocenters. The third kappa shape index (κ3) is 5.82. The van der Waals surface area contributed by atoms with E-state index < -0.39 is 25.7 Å². The molecule has 2 aliphatic carbocycles. The second kappa shape index (κ2) is 10.3. The van der Waals surface area contributed by atoms with Crippen LogP contribution in [0, 0.1) is 17.7 Å². The smallest absolute Gasteiger partial charge is 0.321 e. The van der Waals surface area contributed by atoms with Gasteiger partial charge in [0, 0.05) is 43.0 Å². The molecule has 3 aliphatic rings. The second-order valence-electron chi connectivity index (χ2n) is 11.2. The van der Waals surface area contributed by atoms with Crippen LogP contribution >= 0.6 is 11.6 Å². The number of fused-ring (bicyclic) bond motifs is 1. The third-order valence-corrected chi connectivity index (χ3v) is 11.4. The Morgan fingerprint density at radius 3 is 2.31 bits per heavy atom. The van der Waals surface area contributed by atoms with Gasteiger partial charge in [-0.2, -0.15) is 0 Å². The van der Waals surface area contributed by atoms with E-state index in [4.69, 9.17) is 11.6 Å². The number of sulfonamides is 1. The number of carbonyl (C=O) groups is 1. The summed E-state index contributed by atoms with van der Waals surface area (Å²) in [6.07, 6.45) is 6.33. The van der Waals surface area contributed by atoms with Crippen molar-refractivity contribution in [3.63, 3.8) is 0 Å². The number of hydrogen-bond donors (Lipinski definition) is 1. The van der Waals surface area contributed by atoms with Gasteiger partial charge in [0.15, 0.2) is 9.84 Å². The van der Waals surface area contributed by atoms with Gasteiger partial charge in [0.25, 0.3) is 0 Å². The van der Waals surface area contributed by atoms with Gasteiger partial charge in [-0.3, -0.25) is 0 Å². The van der Waals surface area contributed by atoms with Gasteiger partial charge >= 0.3 is 6.03 Å². The van der Waals surface area contributed by atoms with Gasteiger partial charge in [-0.05, 0) is 79.8 Å². The molecule has 1 N–H and O–H groups in total. The van der Waals surface area contributed by atoms with Crippen molar-refractivity contribution in [2.24, 2.45) is 11.8 Å². The number of anilines is 1. The average molecular weight is 598 g/mol. The maximum atomic E-state index is 13.7. The number of amides is 2. The molecule has 212 valence electrons. The van der Waals surface area contributed by atoms with E-state index in [2.05, 4.69) is 5.32 Å². The summed E-state index contributed by atoms with van der Waals surface area (Å²) in [6.45, 7) is 1.34. The van der Waals surface area contributed by atoms with Crippen LogP contribution < -0.4 is 5.32 Å². The first-order valence-electron chi connectivity index (χ1n) is 13.1. The molecule has 39 heavy (non-hydrogen) atoms. The van der Waals surface area contributed by atoms with Crippen LogP contribution in [0.2, 0.25) is 5.02 Å². The van der Waals surface area contributed by atoms with E-state index in [9.17, 15) is 26.0 Å². The number of piperidine rings is 1. The van der Waals surface area contributed by atoms with E-state index in [0.717, 1.165) is 24.8 Å². The maximum absolute atomic E-state index is 13.7. The minimum Gasteiger partial charge on any atom is -0.321 e. The Kier molecular flexibility index (Phi) is 7.49. The van der Waals surface area contributed by atoms with Crippen molar-refractivity contribution in [1.82, 2.24) is 9.21 Å². The zero-order chi connectivity index (χ0) is 28.2. The zero-order valence-corrected chi connectivity index (χ0v) is 24.3. The number of hydrogen-bond acceptors (Lipinski definition) is 5. The molecule has 8 nitrogen and oxygen atoms in total. The van der Waals surface area contributed by atoms with Gasteiger partial charge in [-0.1, -0.05) is 23.7 Å². The van der Waals surface area contributed by atoms with Crippen LogP contribution in [0.1, 0.15) is 37.7 Å². The molecule has 1 heterocycles. The molecule has 3 fully saturated rings. The van der Waals surface area contributed by atoms with Gasteiger partial charge in [-0.15, -0.1) is 0 Å². The first-order chi connectivity index (χ1) is 18.3. The fraction of sp³-hybridized carbons (Fsp3) is 0.519. The van der Waals surface area contributed by atoms with Crippen molar-refractivity contribution in [2.45, 2.75) is 48.5 Å². The molecule has 0 spiro atoms. The lowest BCUT2D eigenvalue weighted by Gasteiger charge is -2.37. The number of sulfone groups is 1. The lowest BCUT2D eigenvalue weighted by Crippen LogP contribution is -2.48. The molecule has 0 bridgehead atoms. The van der Waals surface area contributed by atoms with Crippen LogP contribution in [-0.2, 0) is 25.3 Å². The Morgan fingerprint density at radius 1 is 1.08 bits per heavy atom. The number of carbonyl (C=O) groups excluding carboxylic acids is 1. The van der Waals surface area contributed by atoms with Gasteiger partial charge < -0.3 is 10.2 Å². The Hall–Kier alpha value is -2.21. The molecule has 1 aliphatic heterocycles. The summed E-state index contributed by atoms with van der Waals surface area (Å²) in [7, 11) is -6.54. The van der Waals surface area contributed by atoms with Crippen LogP contribution in [0.5, 0.6) is 0 Å². The zero-order valence-electron chi connectivity index (χ0n) is 21.9. The number of nitrogens with zero attached hydrogens (tertiary/aromatic N) is 2. The van der Waals surface area contributed by atoms with Crippen molar-refractivity contribution in [3.05, 3.63) is 58.9 Å². The Labute approximate surface area is 234 Å². The van der Waals surface area contributed by atoms with Crippen molar-refractivity contribution >= 4 is 43.2 Å². The van der Waals surface area contributed by atoms with E-state index in [-0.39, 0.29) is 39.2 Å². The van der Waals surface area contributed by atoms with E-state index in [1.165, 1.54) is 35.0 Å². The summed E-state index contributed by atoms with van der Waals surface area (Å²) in [5.74, 6) is -0.182. The highest BCUT2D eigenvalue weighted by Crippen LogP contribution is 2.65. The van der Waals surface area contributed by atoms with Gasteiger partial charge in [0.2, 0.25) is 10.0 Å². The SMILES string of the molecule is CS(=O)(=O)c1ccc([C@]23CC[C@@H](N(CC4CCN(S(C)(=O)=O)CC4)C(=O)Nc4ccc(F)c(Cl)c4)[C@H]2C3)cc1. The fourth-order valence-corrected chi connectivity index (χ4v) is 8.14. The molecule has 0 radical (unpaired) electrons. The Bertz CT molecular complexity index is 1480. The van der Waals surface area contributed by atoms with Crippen molar-refractivity contribution in [1.29, 1.82) is 0 Å². The quantitative estimate of drug-likeness (QED) is 0.506. The number of nitrogens with one attached hydrogen (secondary N) is 1. The molecule has 0 unspecified atom stereocenters. The Morgan fingerprint density at radius 2 is 1.74 bits per heavy atom. The van der Waals surface area contributed by atoms with Crippen LogP contribution in [0.4, 0.5) is 14.9 Å². The topological polar surface area (TPSA) is 104 Å². The largest absolute Gasteiger partial charge is 0.322 e. The van der Waals surface area contributed by atoms with E-state index in [1.54, 1.807) is 12.1 Å². The van der Waals surface area contributed by atoms with Crippen LogP contribution in [0.3, 0.4) is 0 Å². The highest BCUT2D eigenvalue weighted by Gasteiger charge is 2.64. The predicted molar refractivity (Wildman–Crippen MR) is 149 cm³/mol. The first kappa shape index (κ1) is 28.3. The predicted octanol–water partition coefficient (Wildman–Crippen LogP) is 4.51. The Balaban J connectivity index is 1.35. The number of benzene rings is 2. The van der Waals surface area contributed by atoms with Crippen molar-refractivity contribution in [3.8, 4) is 0 Å². The fourth-order valence-electron chi connectivity index (χ4n) is 6.46. The molecule has 0 aromatic heterocycles. The van der Waals surface area contributed by atoms with Gasteiger partial charge in [0.1, 0.15) is 5.82 Å². The monoisotopic (exact) mass is 597 g/mol.